The molecule has 1 heterocycles. The summed E-state index contributed by atoms with van der Waals surface area (Å²) in [6, 6.07) is 0.816. The second kappa shape index (κ2) is 5.65. The maximum absolute atomic E-state index is 2.62. The maximum atomic E-state index is 2.62. The van der Waals surface area contributed by atoms with Crippen LogP contribution in [0.3, 0.4) is 0 Å². The molecular weight excluding hydrogens is 269 g/mol. The molecule has 0 aromatic rings. The minimum absolute atomic E-state index is 0.816. The Hall–Kier alpha value is 1.04. The quantitative estimate of drug-likeness (QED) is 0.578. The first-order chi connectivity index (χ1) is 5.34. The minimum atomic E-state index is 0.816. The molecule has 1 aliphatic rings. The van der Waals surface area contributed by atoms with Crippen LogP contribution in [0, 0.1) is 0 Å². The second-order valence-electron chi connectivity index (χ2n) is 3.00. The van der Waals surface area contributed by atoms with E-state index in [4.69, 9.17) is 0 Å². The van der Waals surface area contributed by atoms with Crippen LogP contribution >= 0.6 is 34.4 Å². The van der Waals surface area contributed by atoms with Crippen LogP contribution in [0.4, 0.5) is 0 Å². The molecule has 0 spiro atoms. The molecule has 1 saturated heterocycles. The summed E-state index contributed by atoms with van der Waals surface area (Å²) in [4.78, 5) is 2.62. The minimum Gasteiger partial charge on any atom is -0.299 e. The first kappa shape index (κ1) is 10.1. The summed E-state index contributed by atoms with van der Waals surface area (Å²) in [5.41, 5.74) is 0. The molecule has 0 saturated carbocycles. The molecule has 0 aromatic heterocycles. The molecule has 0 N–H and O–H groups in total. The molecule has 0 aliphatic carbocycles. The van der Waals surface area contributed by atoms with Crippen molar-refractivity contribution in [3.05, 3.63) is 0 Å². The number of thioether (sulfide) groups is 1. The summed E-state index contributed by atoms with van der Waals surface area (Å²) >= 11 is 4.56. The molecule has 0 amide bonds. The van der Waals surface area contributed by atoms with Crippen LogP contribution in [0.2, 0.25) is 0 Å². The van der Waals surface area contributed by atoms with Crippen LogP contribution in [0.15, 0.2) is 0 Å². The summed E-state index contributed by atoms with van der Waals surface area (Å²) in [7, 11) is 0. The van der Waals surface area contributed by atoms with E-state index in [2.05, 4.69) is 46.2 Å². The molecule has 1 fully saturated rings. The molecule has 1 rings (SSSR count). The fourth-order valence-corrected chi connectivity index (χ4v) is 2.78. The van der Waals surface area contributed by atoms with Crippen LogP contribution in [0.1, 0.15) is 13.3 Å². The van der Waals surface area contributed by atoms with Gasteiger partial charge in [0, 0.05) is 28.5 Å². The van der Waals surface area contributed by atoms with Gasteiger partial charge in [-0.15, -0.1) is 0 Å². The predicted molar refractivity (Wildman–Crippen MR) is 61.9 cm³/mol. The first-order valence-corrected chi connectivity index (χ1v) is 6.90. The lowest BCUT2D eigenvalue weighted by Gasteiger charge is -2.32. The average molecular weight is 285 g/mol. The van der Waals surface area contributed by atoms with Crippen molar-refractivity contribution >= 4 is 34.4 Å². The highest BCUT2D eigenvalue weighted by Crippen LogP contribution is 2.15. The number of rotatable bonds is 3. The van der Waals surface area contributed by atoms with E-state index in [1.165, 1.54) is 35.4 Å². The Morgan fingerprint density at radius 3 is 3.09 bits per heavy atom. The Morgan fingerprint density at radius 2 is 2.45 bits per heavy atom. The third-order valence-corrected chi connectivity index (χ3v) is 4.04. The lowest BCUT2D eigenvalue weighted by atomic mass is 10.3. The van der Waals surface area contributed by atoms with Crippen LogP contribution in [0.5, 0.6) is 0 Å². The number of halogens is 1. The number of alkyl halides is 1. The van der Waals surface area contributed by atoms with Crippen molar-refractivity contribution < 1.29 is 0 Å². The Kier molecular flexibility index (Phi) is 5.20. The summed E-state index contributed by atoms with van der Waals surface area (Å²) in [5, 5.41) is 0. The highest BCUT2D eigenvalue weighted by Gasteiger charge is 2.16. The van der Waals surface area contributed by atoms with E-state index in [0.717, 1.165) is 6.04 Å². The summed E-state index contributed by atoms with van der Waals surface area (Å²) in [5.74, 6) is 2.67. The molecule has 1 aliphatic heterocycles. The third-order valence-electron chi connectivity index (χ3n) is 2.08. The van der Waals surface area contributed by atoms with Gasteiger partial charge in [0.25, 0.3) is 0 Å². The van der Waals surface area contributed by atoms with E-state index in [-0.39, 0.29) is 0 Å². The van der Waals surface area contributed by atoms with Crippen LogP contribution in [0.25, 0.3) is 0 Å². The van der Waals surface area contributed by atoms with Gasteiger partial charge in [0.15, 0.2) is 0 Å². The van der Waals surface area contributed by atoms with Crippen molar-refractivity contribution in [3.63, 3.8) is 0 Å². The fourth-order valence-electron chi connectivity index (χ4n) is 1.36. The number of hydrogen-bond acceptors (Lipinski definition) is 2. The molecule has 3 heteroatoms. The van der Waals surface area contributed by atoms with Gasteiger partial charge in [-0.2, -0.15) is 11.8 Å². The van der Waals surface area contributed by atoms with Crippen molar-refractivity contribution in [1.82, 2.24) is 4.90 Å². The molecule has 11 heavy (non-hydrogen) atoms. The molecule has 66 valence electrons. The Labute approximate surface area is 87.4 Å². The standard InChI is InChI=1S/C8H16INS/c1-8-7-11-6-5-10(8)4-2-3-9/h8H,2-7H2,1H3. The Morgan fingerprint density at radius 1 is 1.64 bits per heavy atom. The van der Waals surface area contributed by atoms with Gasteiger partial charge >= 0.3 is 0 Å². The highest BCUT2D eigenvalue weighted by atomic mass is 127. The lowest BCUT2D eigenvalue weighted by Crippen LogP contribution is -2.40. The molecule has 0 bridgehead atoms. The van der Waals surface area contributed by atoms with Gasteiger partial charge in [0.2, 0.25) is 0 Å². The summed E-state index contributed by atoms with van der Waals surface area (Å²) < 4.78 is 1.30. The van der Waals surface area contributed by atoms with E-state index in [1.54, 1.807) is 0 Å². The zero-order valence-corrected chi connectivity index (χ0v) is 10.0. The summed E-state index contributed by atoms with van der Waals surface area (Å²) in [6.07, 6.45) is 1.36. The average Bonchev–Trinajstić information content (AvgIpc) is 2.03. The first-order valence-electron chi connectivity index (χ1n) is 4.22. The van der Waals surface area contributed by atoms with E-state index in [0.29, 0.717) is 0 Å². The van der Waals surface area contributed by atoms with E-state index in [9.17, 15) is 0 Å². The Balaban J connectivity index is 2.18. The van der Waals surface area contributed by atoms with E-state index >= 15 is 0 Å². The zero-order valence-electron chi connectivity index (χ0n) is 7.05. The van der Waals surface area contributed by atoms with E-state index in [1.807, 2.05) is 0 Å². The largest absolute Gasteiger partial charge is 0.299 e. The van der Waals surface area contributed by atoms with Gasteiger partial charge in [-0.1, -0.05) is 22.6 Å². The normalized spacial score (nSPS) is 27.3. The highest BCUT2D eigenvalue weighted by molar-refractivity contribution is 14.1. The molecule has 1 nitrogen and oxygen atoms in total. The van der Waals surface area contributed by atoms with Gasteiger partial charge in [-0.25, -0.2) is 0 Å². The van der Waals surface area contributed by atoms with Gasteiger partial charge in [-0.3, -0.25) is 4.90 Å². The topological polar surface area (TPSA) is 3.24 Å². The number of nitrogens with zero attached hydrogens (tertiary/aromatic N) is 1. The van der Waals surface area contributed by atoms with Crippen LogP contribution in [-0.4, -0.2) is 40.0 Å². The number of hydrogen-bond donors (Lipinski definition) is 0. The summed E-state index contributed by atoms with van der Waals surface area (Å²) in [6.45, 7) is 4.96. The van der Waals surface area contributed by atoms with Gasteiger partial charge in [0.05, 0.1) is 0 Å². The molecule has 0 aromatic carbocycles. The van der Waals surface area contributed by atoms with Crippen LogP contribution in [-0.2, 0) is 0 Å². The monoisotopic (exact) mass is 285 g/mol. The lowest BCUT2D eigenvalue weighted by molar-refractivity contribution is 0.234. The van der Waals surface area contributed by atoms with Crippen molar-refractivity contribution in [2.45, 2.75) is 19.4 Å². The Bertz CT molecular complexity index is 110. The van der Waals surface area contributed by atoms with Gasteiger partial charge < -0.3 is 0 Å². The van der Waals surface area contributed by atoms with E-state index < -0.39 is 0 Å². The fraction of sp³-hybridized carbons (Fsp3) is 1.00. The van der Waals surface area contributed by atoms with Gasteiger partial charge in [0.1, 0.15) is 0 Å². The molecule has 1 unspecified atom stereocenters. The van der Waals surface area contributed by atoms with Gasteiger partial charge in [-0.05, 0) is 19.9 Å². The van der Waals surface area contributed by atoms with Crippen molar-refractivity contribution in [3.8, 4) is 0 Å². The molecule has 1 atom stereocenters. The molecular formula is C8H16INS. The second-order valence-corrected chi connectivity index (χ2v) is 5.23. The smallest absolute Gasteiger partial charge is 0.0158 e. The van der Waals surface area contributed by atoms with Crippen molar-refractivity contribution in [2.75, 3.05) is 29.0 Å². The van der Waals surface area contributed by atoms with Crippen LogP contribution < -0.4 is 0 Å². The zero-order chi connectivity index (χ0) is 8.10. The predicted octanol–water partition coefficient (Wildman–Crippen LogP) is 2.25. The SMILES string of the molecule is CC1CSCCN1CCCI. The molecule has 0 radical (unpaired) electrons. The third kappa shape index (κ3) is 3.51. The van der Waals surface area contributed by atoms with Crippen molar-refractivity contribution in [1.29, 1.82) is 0 Å². The van der Waals surface area contributed by atoms with Crippen molar-refractivity contribution in [2.24, 2.45) is 0 Å². The maximum Gasteiger partial charge on any atom is 0.0158 e.